The number of aromatic nitrogens is 2. The predicted octanol–water partition coefficient (Wildman–Crippen LogP) is 5.92. The summed E-state index contributed by atoms with van der Waals surface area (Å²) in [5.74, 6) is -9.49. The van der Waals surface area contributed by atoms with Crippen LogP contribution in [0.1, 0.15) is 26.3 Å². The van der Waals surface area contributed by atoms with Gasteiger partial charge in [0.2, 0.25) is 17.5 Å². The topological polar surface area (TPSA) is 66.6 Å². The summed E-state index contributed by atoms with van der Waals surface area (Å²) in [6, 6.07) is 3.20. The van der Waals surface area contributed by atoms with E-state index in [1.807, 2.05) is 6.92 Å². The maximum absolute atomic E-state index is 13.9. The van der Waals surface area contributed by atoms with Crippen molar-refractivity contribution in [3.05, 3.63) is 46.8 Å². The summed E-state index contributed by atoms with van der Waals surface area (Å²) in [6.45, 7) is 6.47. The van der Waals surface area contributed by atoms with Gasteiger partial charge in [-0.25, -0.2) is 22.0 Å². The van der Waals surface area contributed by atoms with Crippen molar-refractivity contribution in [2.24, 2.45) is 0 Å². The Kier molecular flexibility index (Phi) is 8.01. The van der Waals surface area contributed by atoms with Crippen LogP contribution in [0.5, 0.6) is 17.2 Å². The summed E-state index contributed by atoms with van der Waals surface area (Å²) in [5, 5.41) is 7.51. The molecule has 6 nitrogen and oxygen atoms in total. The summed E-state index contributed by atoms with van der Waals surface area (Å²) in [5.41, 5.74) is -0.574. The highest BCUT2D eigenvalue weighted by molar-refractivity contribution is 7.98. The molecular weight excluding hydrogens is 471 g/mol. The van der Waals surface area contributed by atoms with Gasteiger partial charge in [0, 0.05) is 16.9 Å². The van der Waals surface area contributed by atoms with Crippen LogP contribution in [0, 0.1) is 29.1 Å². The number of hydrogen-bond acceptors (Lipinski definition) is 7. The Morgan fingerprint density at radius 2 is 1.27 bits per heavy atom. The third-order valence-electron chi connectivity index (χ3n) is 4.20. The molecule has 2 aromatic carbocycles. The first-order valence-electron chi connectivity index (χ1n) is 9.85. The van der Waals surface area contributed by atoms with Crippen molar-refractivity contribution in [2.75, 3.05) is 19.8 Å². The second-order valence-corrected chi connectivity index (χ2v) is 7.24. The molecule has 0 radical (unpaired) electrons. The van der Waals surface area contributed by atoms with Crippen LogP contribution >= 0.6 is 11.8 Å². The van der Waals surface area contributed by atoms with E-state index in [0.717, 1.165) is 0 Å². The van der Waals surface area contributed by atoms with Gasteiger partial charge in [0.1, 0.15) is 0 Å². The standard InChI is InChI=1S/C21H19F5N2O4S/c1-4-29-12-7-10(8-13(30-5-2)19(12)31-6-3)20-27-28-21(32-20)33-9-11-14(22)16(24)18(26)17(25)15(11)23/h7-8H,4-6,9H2,1-3H3. The van der Waals surface area contributed by atoms with E-state index in [-0.39, 0.29) is 11.1 Å². The van der Waals surface area contributed by atoms with Crippen molar-refractivity contribution in [1.29, 1.82) is 0 Å². The highest BCUT2D eigenvalue weighted by Crippen LogP contribution is 2.42. The quantitative estimate of drug-likeness (QED) is 0.151. The largest absolute Gasteiger partial charge is 0.490 e. The number of rotatable bonds is 10. The minimum atomic E-state index is -2.22. The van der Waals surface area contributed by atoms with Gasteiger partial charge in [0.05, 0.1) is 19.8 Å². The smallest absolute Gasteiger partial charge is 0.277 e. The van der Waals surface area contributed by atoms with Crippen molar-refractivity contribution in [3.8, 4) is 28.7 Å². The van der Waals surface area contributed by atoms with Gasteiger partial charge in [-0.15, -0.1) is 10.2 Å². The Morgan fingerprint density at radius 1 is 0.758 bits per heavy atom. The van der Waals surface area contributed by atoms with Gasteiger partial charge in [-0.3, -0.25) is 0 Å². The van der Waals surface area contributed by atoms with E-state index < -0.39 is 40.4 Å². The van der Waals surface area contributed by atoms with Gasteiger partial charge in [-0.1, -0.05) is 11.8 Å². The van der Waals surface area contributed by atoms with Gasteiger partial charge in [-0.05, 0) is 32.9 Å². The molecular formula is C21H19F5N2O4S. The van der Waals surface area contributed by atoms with Gasteiger partial charge < -0.3 is 18.6 Å². The molecule has 1 heterocycles. The summed E-state index contributed by atoms with van der Waals surface area (Å²) >= 11 is 0.618. The fraction of sp³-hybridized carbons (Fsp3) is 0.333. The second kappa shape index (κ2) is 10.7. The highest BCUT2D eigenvalue weighted by atomic mass is 32.2. The van der Waals surface area contributed by atoms with Gasteiger partial charge in [0.25, 0.3) is 5.22 Å². The second-order valence-electron chi connectivity index (χ2n) is 6.31. The molecule has 0 atom stereocenters. The Labute approximate surface area is 190 Å². The molecule has 12 heteroatoms. The van der Waals surface area contributed by atoms with Crippen LogP contribution in [-0.4, -0.2) is 30.0 Å². The zero-order valence-electron chi connectivity index (χ0n) is 17.8. The van der Waals surface area contributed by atoms with Crippen LogP contribution in [0.3, 0.4) is 0 Å². The zero-order valence-corrected chi connectivity index (χ0v) is 18.6. The molecule has 0 saturated heterocycles. The minimum Gasteiger partial charge on any atom is -0.490 e. The molecule has 0 fully saturated rings. The van der Waals surface area contributed by atoms with E-state index >= 15 is 0 Å². The molecule has 0 unspecified atom stereocenters. The average Bonchev–Trinajstić information content (AvgIpc) is 3.27. The molecule has 0 aliphatic carbocycles. The number of benzene rings is 2. The molecule has 0 spiro atoms. The molecule has 3 rings (SSSR count). The fourth-order valence-electron chi connectivity index (χ4n) is 2.81. The van der Waals surface area contributed by atoms with Crippen LogP contribution in [0.2, 0.25) is 0 Å². The van der Waals surface area contributed by atoms with Crippen molar-refractivity contribution in [3.63, 3.8) is 0 Å². The number of ether oxygens (including phenoxy) is 3. The third-order valence-corrected chi connectivity index (χ3v) is 5.05. The van der Waals surface area contributed by atoms with E-state index in [2.05, 4.69) is 10.2 Å². The maximum Gasteiger partial charge on any atom is 0.277 e. The number of nitrogens with zero attached hydrogens (tertiary/aromatic N) is 2. The van der Waals surface area contributed by atoms with Gasteiger partial charge in [0.15, 0.2) is 34.8 Å². The molecule has 0 bridgehead atoms. The zero-order chi connectivity index (χ0) is 24.1. The Morgan fingerprint density at radius 3 is 1.79 bits per heavy atom. The predicted molar refractivity (Wildman–Crippen MR) is 109 cm³/mol. The first-order valence-corrected chi connectivity index (χ1v) is 10.8. The molecule has 1 aromatic heterocycles. The summed E-state index contributed by atoms with van der Waals surface area (Å²) in [7, 11) is 0. The maximum atomic E-state index is 13.9. The average molecular weight is 490 g/mol. The number of hydrogen-bond donors (Lipinski definition) is 0. The normalized spacial score (nSPS) is 11.0. The SMILES string of the molecule is CCOc1cc(-c2nnc(SCc3c(F)c(F)c(F)c(F)c3F)o2)cc(OCC)c1OCC. The van der Waals surface area contributed by atoms with Crippen molar-refractivity contribution < 1.29 is 40.6 Å². The lowest BCUT2D eigenvalue weighted by Gasteiger charge is -2.16. The molecule has 3 aromatic rings. The van der Waals surface area contributed by atoms with Crippen LogP contribution in [0.25, 0.3) is 11.5 Å². The lowest BCUT2D eigenvalue weighted by Crippen LogP contribution is -2.06. The van der Waals surface area contributed by atoms with Crippen LogP contribution in [-0.2, 0) is 5.75 Å². The van der Waals surface area contributed by atoms with Gasteiger partial charge in [-0.2, -0.15) is 0 Å². The first kappa shape index (κ1) is 24.6. The Hall–Kier alpha value is -3.02. The summed E-state index contributed by atoms with van der Waals surface area (Å²) < 4.78 is 90.1. The minimum absolute atomic E-state index is 0.0277. The monoisotopic (exact) mass is 490 g/mol. The van der Waals surface area contributed by atoms with Gasteiger partial charge >= 0.3 is 0 Å². The Bertz CT molecular complexity index is 1090. The van der Waals surface area contributed by atoms with Crippen LogP contribution in [0.4, 0.5) is 22.0 Å². The Balaban J connectivity index is 1.89. The molecule has 178 valence electrons. The van der Waals surface area contributed by atoms with Crippen LogP contribution in [0.15, 0.2) is 21.8 Å². The molecule has 33 heavy (non-hydrogen) atoms. The third kappa shape index (κ3) is 5.15. The van der Waals surface area contributed by atoms with Crippen LogP contribution < -0.4 is 14.2 Å². The highest BCUT2D eigenvalue weighted by Gasteiger charge is 2.26. The van der Waals surface area contributed by atoms with E-state index in [1.54, 1.807) is 26.0 Å². The molecule has 0 N–H and O–H groups in total. The van der Waals surface area contributed by atoms with E-state index in [9.17, 15) is 22.0 Å². The molecule has 0 amide bonds. The molecule has 0 aliphatic heterocycles. The first-order chi connectivity index (χ1) is 15.8. The lowest BCUT2D eigenvalue weighted by molar-refractivity contribution is 0.261. The summed E-state index contributed by atoms with van der Waals surface area (Å²) in [6.07, 6.45) is 0. The summed E-state index contributed by atoms with van der Waals surface area (Å²) in [4.78, 5) is 0. The van der Waals surface area contributed by atoms with Crippen molar-refractivity contribution >= 4 is 11.8 Å². The molecule has 0 aliphatic rings. The van der Waals surface area contributed by atoms with E-state index in [1.165, 1.54) is 0 Å². The molecule has 0 saturated carbocycles. The van der Waals surface area contributed by atoms with E-state index in [4.69, 9.17) is 18.6 Å². The van der Waals surface area contributed by atoms with E-state index in [0.29, 0.717) is 54.4 Å². The van der Waals surface area contributed by atoms with Crippen molar-refractivity contribution in [2.45, 2.75) is 31.7 Å². The van der Waals surface area contributed by atoms with Crippen molar-refractivity contribution in [1.82, 2.24) is 10.2 Å². The fourth-order valence-corrected chi connectivity index (χ4v) is 3.57. The number of thioether (sulfide) groups is 1. The number of halogens is 5. The lowest BCUT2D eigenvalue weighted by atomic mass is 10.2.